The minimum atomic E-state index is 0.105. The number of aromatic nitrogens is 2. The van der Waals surface area contributed by atoms with E-state index in [0.29, 0.717) is 12.4 Å². The monoisotopic (exact) mass is 335 g/mol. The fourth-order valence-electron chi connectivity index (χ4n) is 1.73. The van der Waals surface area contributed by atoms with E-state index in [2.05, 4.69) is 31.2 Å². The molecule has 0 amide bonds. The second-order valence-corrected chi connectivity index (χ2v) is 5.69. The van der Waals surface area contributed by atoms with Crippen molar-refractivity contribution in [1.82, 2.24) is 9.97 Å². The SMILES string of the molecule is Cc1cnc(NCc2cccnc2OC(C)C)c(Br)c1. The summed E-state index contributed by atoms with van der Waals surface area (Å²) in [7, 11) is 0. The normalized spacial score (nSPS) is 10.7. The summed E-state index contributed by atoms with van der Waals surface area (Å²) in [6.45, 7) is 6.61. The third-order valence-electron chi connectivity index (χ3n) is 2.62. The second-order valence-electron chi connectivity index (χ2n) is 4.83. The van der Waals surface area contributed by atoms with Crippen molar-refractivity contribution in [2.75, 3.05) is 5.32 Å². The highest BCUT2D eigenvalue weighted by atomic mass is 79.9. The molecular weight excluding hydrogens is 318 g/mol. The number of rotatable bonds is 5. The molecule has 0 spiro atoms. The van der Waals surface area contributed by atoms with Crippen molar-refractivity contribution in [3.8, 4) is 5.88 Å². The molecule has 2 heterocycles. The van der Waals surface area contributed by atoms with Crippen LogP contribution in [-0.2, 0) is 6.54 Å². The lowest BCUT2D eigenvalue weighted by molar-refractivity contribution is 0.230. The Kier molecular flexibility index (Phi) is 4.95. The van der Waals surface area contributed by atoms with Gasteiger partial charge in [0.1, 0.15) is 5.82 Å². The second kappa shape index (κ2) is 6.70. The van der Waals surface area contributed by atoms with Crippen LogP contribution in [0.1, 0.15) is 25.0 Å². The smallest absolute Gasteiger partial charge is 0.218 e. The van der Waals surface area contributed by atoms with E-state index in [0.717, 1.165) is 21.4 Å². The summed E-state index contributed by atoms with van der Waals surface area (Å²) in [6.07, 6.45) is 3.68. The molecule has 0 fully saturated rings. The minimum absolute atomic E-state index is 0.105. The summed E-state index contributed by atoms with van der Waals surface area (Å²) in [5.41, 5.74) is 2.13. The van der Waals surface area contributed by atoms with E-state index in [1.807, 2.05) is 45.2 Å². The number of nitrogens with zero attached hydrogens (tertiary/aromatic N) is 2. The van der Waals surface area contributed by atoms with Crippen LogP contribution >= 0.6 is 15.9 Å². The van der Waals surface area contributed by atoms with Crippen LogP contribution in [0.3, 0.4) is 0 Å². The van der Waals surface area contributed by atoms with Crippen LogP contribution in [0.4, 0.5) is 5.82 Å². The Morgan fingerprint density at radius 3 is 2.85 bits per heavy atom. The standard InChI is InChI=1S/C15H18BrN3O/c1-10(2)20-15-12(5-4-6-17-15)9-19-14-13(16)7-11(3)8-18-14/h4-8,10H,9H2,1-3H3,(H,18,19). The van der Waals surface area contributed by atoms with Gasteiger partial charge in [-0.05, 0) is 54.4 Å². The average Bonchev–Trinajstić information content (AvgIpc) is 2.39. The first-order chi connectivity index (χ1) is 9.56. The molecule has 0 aliphatic rings. The van der Waals surface area contributed by atoms with Crippen LogP contribution in [0.2, 0.25) is 0 Å². The Balaban J connectivity index is 2.10. The van der Waals surface area contributed by atoms with E-state index in [1.165, 1.54) is 0 Å². The van der Waals surface area contributed by atoms with Gasteiger partial charge in [-0.25, -0.2) is 9.97 Å². The first-order valence-corrected chi connectivity index (χ1v) is 7.32. The van der Waals surface area contributed by atoms with Gasteiger partial charge in [0.2, 0.25) is 5.88 Å². The number of anilines is 1. The molecule has 4 nitrogen and oxygen atoms in total. The number of hydrogen-bond acceptors (Lipinski definition) is 4. The fourth-order valence-corrected chi connectivity index (χ4v) is 2.33. The molecule has 0 aromatic carbocycles. The lowest BCUT2D eigenvalue weighted by Gasteiger charge is -2.14. The quantitative estimate of drug-likeness (QED) is 0.898. The minimum Gasteiger partial charge on any atom is -0.475 e. The Hall–Kier alpha value is -1.62. The molecule has 2 rings (SSSR count). The summed E-state index contributed by atoms with van der Waals surface area (Å²) in [4.78, 5) is 8.64. The van der Waals surface area contributed by atoms with Crippen molar-refractivity contribution < 1.29 is 4.74 Å². The molecule has 0 radical (unpaired) electrons. The van der Waals surface area contributed by atoms with E-state index >= 15 is 0 Å². The zero-order chi connectivity index (χ0) is 14.5. The van der Waals surface area contributed by atoms with Crippen LogP contribution in [0, 0.1) is 6.92 Å². The Bertz CT molecular complexity index is 587. The number of pyridine rings is 2. The molecule has 0 atom stereocenters. The van der Waals surface area contributed by atoms with Crippen LogP contribution in [0.5, 0.6) is 5.88 Å². The van der Waals surface area contributed by atoms with Crippen LogP contribution in [0.15, 0.2) is 35.1 Å². The van der Waals surface area contributed by atoms with Crippen molar-refractivity contribution in [2.45, 2.75) is 33.4 Å². The van der Waals surface area contributed by atoms with Gasteiger partial charge in [-0.3, -0.25) is 0 Å². The summed E-state index contributed by atoms with van der Waals surface area (Å²) >= 11 is 3.51. The lowest BCUT2D eigenvalue weighted by atomic mass is 10.2. The zero-order valence-electron chi connectivity index (χ0n) is 11.9. The van der Waals surface area contributed by atoms with E-state index in [4.69, 9.17) is 4.74 Å². The Morgan fingerprint density at radius 1 is 1.35 bits per heavy atom. The molecule has 1 N–H and O–H groups in total. The summed E-state index contributed by atoms with van der Waals surface area (Å²) in [5, 5.41) is 3.29. The largest absolute Gasteiger partial charge is 0.475 e. The van der Waals surface area contributed by atoms with Crippen LogP contribution in [-0.4, -0.2) is 16.1 Å². The maximum atomic E-state index is 5.70. The van der Waals surface area contributed by atoms with E-state index in [-0.39, 0.29) is 6.10 Å². The first kappa shape index (κ1) is 14.8. The van der Waals surface area contributed by atoms with Gasteiger partial charge in [0, 0.05) is 24.5 Å². The maximum Gasteiger partial charge on any atom is 0.218 e. The Morgan fingerprint density at radius 2 is 2.15 bits per heavy atom. The molecule has 0 saturated heterocycles. The molecule has 2 aromatic heterocycles. The third-order valence-corrected chi connectivity index (χ3v) is 3.23. The molecular formula is C15H18BrN3O. The van der Waals surface area contributed by atoms with Crippen LogP contribution < -0.4 is 10.1 Å². The van der Waals surface area contributed by atoms with Gasteiger partial charge in [-0.15, -0.1) is 0 Å². The molecule has 0 aliphatic carbocycles. The Labute approximate surface area is 127 Å². The van der Waals surface area contributed by atoms with Gasteiger partial charge in [0.25, 0.3) is 0 Å². The van der Waals surface area contributed by atoms with Gasteiger partial charge in [-0.1, -0.05) is 6.07 Å². The first-order valence-electron chi connectivity index (χ1n) is 6.53. The van der Waals surface area contributed by atoms with Crippen molar-refractivity contribution in [2.24, 2.45) is 0 Å². The molecule has 0 saturated carbocycles. The lowest BCUT2D eigenvalue weighted by Crippen LogP contribution is -2.11. The number of ether oxygens (including phenoxy) is 1. The number of nitrogens with one attached hydrogen (secondary N) is 1. The van der Waals surface area contributed by atoms with E-state index < -0.39 is 0 Å². The third kappa shape index (κ3) is 3.93. The molecule has 0 bridgehead atoms. The maximum absolute atomic E-state index is 5.70. The average molecular weight is 336 g/mol. The topological polar surface area (TPSA) is 47.0 Å². The zero-order valence-corrected chi connectivity index (χ0v) is 13.4. The molecule has 20 heavy (non-hydrogen) atoms. The number of halogens is 1. The summed E-state index contributed by atoms with van der Waals surface area (Å²) in [5.74, 6) is 1.48. The predicted octanol–water partition coefficient (Wildman–Crippen LogP) is 3.95. The number of hydrogen-bond donors (Lipinski definition) is 1. The van der Waals surface area contributed by atoms with Gasteiger partial charge in [-0.2, -0.15) is 0 Å². The van der Waals surface area contributed by atoms with E-state index in [1.54, 1.807) is 6.20 Å². The van der Waals surface area contributed by atoms with Gasteiger partial charge in [0.05, 0.1) is 10.6 Å². The molecule has 106 valence electrons. The fraction of sp³-hybridized carbons (Fsp3) is 0.333. The summed E-state index contributed by atoms with van der Waals surface area (Å²) < 4.78 is 6.65. The van der Waals surface area contributed by atoms with Crippen LogP contribution in [0.25, 0.3) is 0 Å². The number of aryl methyl sites for hydroxylation is 1. The summed E-state index contributed by atoms with van der Waals surface area (Å²) in [6, 6.07) is 5.94. The molecule has 5 heteroatoms. The highest BCUT2D eigenvalue weighted by Crippen LogP contribution is 2.23. The van der Waals surface area contributed by atoms with Gasteiger partial charge >= 0.3 is 0 Å². The molecule has 0 aliphatic heterocycles. The van der Waals surface area contributed by atoms with Gasteiger partial charge < -0.3 is 10.1 Å². The van der Waals surface area contributed by atoms with E-state index in [9.17, 15) is 0 Å². The van der Waals surface area contributed by atoms with Crippen molar-refractivity contribution in [3.63, 3.8) is 0 Å². The molecule has 0 unspecified atom stereocenters. The molecule has 2 aromatic rings. The van der Waals surface area contributed by atoms with Gasteiger partial charge in [0.15, 0.2) is 0 Å². The highest BCUT2D eigenvalue weighted by molar-refractivity contribution is 9.10. The van der Waals surface area contributed by atoms with Crippen molar-refractivity contribution in [3.05, 3.63) is 46.2 Å². The highest BCUT2D eigenvalue weighted by Gasteiger charge is 2.08. The van der Waals surface area contributed by atoms with Crippen molar-refractivity contribution in [1.29, 1.82) is 0 Å². The van der Waals surface area contributed by atoms with Crippen molar-refractivity contribution >= 4 is 21.7 Å². The predicted molar refractivity (Wildman–Crippen MR) is 84.0 cm³/mol.